The predicted octanol–water partition coefficient (Wildman–Crippen LogP) is 2.98. The number of piperazine rings is 1. The normalized spacial score (nSPS) is 24.1. The highest BCUT2D eigenvalue weighted by Gasteiger charge is 2.41. The van der Waals surface area contributed by atoms with Gasteiger partial charge in [0.25, 0.3) is 11.5 Å². The summed E-state index contributed by atoms with van der Waals surface area (Å²) in [5, 5.41) is 0. The summed E-state index contributed by atoms with van der Waals surface area (Å²) in [6, 6.07) is 16.9. The third-order valence-electron chi connectivity index (χ3n) is 7.67. The van der Waals surface area contributed by atoms with Crippen LogP contribution in [-0.2, 0) is 6.54 Å². The number of fused-ring (bicyclic) bond motifs is 3. The number of ether oxygens (including phenoxy) is 1. The smallest absolute Gasteiger partial charge is 0.296 e. The number of likely N-dealkylation sites (N-methyl/N-ethyl adjacent to an activating group) is 1. The number of carbonyl (C=O) groups excluding carboxylic acids is 1. The number of hydrogen-bond acceptors (Lipinski definition) is 6. The summed E-state index contributed by atoms with van der Waals surface area (Å²) < 4.78 is 7.78. The van der Waals surface area contributed by atoms with Crippen LogP contribution in [0, 0.1) is 6.92 Å². The van der Waals surface area contributed by atoms with E-state index in [4.69, 9.17) is 15.5 Å². The highest BCUT2D eigenvalue weighted by atomic mass is 16.5. The van der Waals surface area contributed by atoms with Gasteiger partial charge in [-0.25, -0.2) is 4.98 Å². The van der Waals surface area contributed by atoms with Crippen molar-refractivity contribution in [3.63, 3.8) is 0 Å². The number of aromatic nitrogens is 2. The highest BCUT2D eigenvalue weighted by Crippen LogP contribution is 2.39. The minimum absolute atomic E-state index is 0.130. The first-order valence-electron chi connectivity index (χ1n) is 12.9. The first-order valence-corrected chi connectivity index (χ1v) is 12.9. The van der Waals surface area contributed by atoms with Crippen LogP contribution in [0.2, 0.25) is 0 Å². The zero-order valence-corrected chi connectivity index (χ0v) is 21.5. The number of aryl methyl sites for hydroxylation is 1. The lowest BCUT2D eigenvalue weighted by molar-refractivity contribution is 0.0295. The molecule has 4 unspecified atom stereocenters. The number of carbonyl (C=O) groups is 1. The Kier molecular flexibility index (Phi) is 6.21. The first kappa shape index (κ1) is 24.3. The van der Waals surface area contributed by atoms with E-state index in [1.807, 2.05) is 97.8 Å². The second kappa shape index (κ2) is 9.70. The molecule has 8 heteroatoms. The Hall–Kier alpha value is -4.01. The summed E-state index contributed by atoms with van der Waals surface area (Å²) in [6.45, 7) is 3.07. The van der Waals surface area contributed by atoms with Gasteiger partial charge in [0.15, 0.2) is 0 Å². The van der Waals surface area contributed by atoms with Crippen molar-refractivity contribution >= 4 is 5.91 Å². The van der Waals surface area contributed by atoms with Crippen molar-refractivity contribution < 1.29 is 9.53 Å². The monoisotopic (exact) mass is 509 g/mol. The Labute approximate surface area is 221 Å². The Morgan fingerprint density at radius 1 is 1.05 bits per heavy atom. The van der Waals surface area contributed by atoms with Gasteiger partial charge >= 0.3 is 0 Å². The molecule has 0 bridgehead atoms. The second-order valence-corrected chi connectivity index (χ2v) is 10.3. The average Bonchev–Trinajstić information content (AvgIpc) is 3.31. The van der Waals surface area contributed by atoms with Crippen LogP contribution in [-0.4, -0.2) is 57.7 Å². The molecule has 1 amide bonds. The molecule has 2 aromatic carbocycles. The molecule has 1 aliphatic carbocycles. The lowest BCUT2D eigenvalue weighted by Gasteiger charge is -2.43. The van der Waals surface area contributed by atoms with Crippen LogP contribution in [0.15, 0.2) is 83.7 Å². The van der Waals surface area contributed by atoms with E-state index in [9.17, 15) is 9.59 Å². The molecule has 1 fully saturated rings. The van der Waals surface area contributed by atoms with E-state index in [1.165, 1.54) is 0 Å². The Bertz CT molecular complexity index is 1480. The molecule has 8 nitrogen and oxygen atoms in total. The van der Waals surface area contributed by atoms with E-state index in [0.29, 0.717) is 36.7 Å². The van der Waals surface area contributed by atoms with Gasteiger partial charge in [-0.1, -0.05) is 66.3 Å². The van der Waals surface area contributed by atoms with Crippen LogP contribution in [0.3, 0.4) is 0 Å². The van der Waals surface area contributed by atoms with Crippen molar-refractivity contribution in [1.29, 1.82) is 0 Å². The minimum Gasteiger partial charge on any atom is -0.478 e. The fraction of sp³-hybridized carbons (Fsp3) is 0.300. The molecular weight excluding hydrogens is 478 g/mol. The Morgan fingerprint density at radius 2 is 1.79 bits per heavy atom. The van der Waals surface area contributed by atoms with Crippen LogP contribution in [0.5, 0.6) is 5.75 Å². The summed E-state index contributed by atoms with van der Waals surface area (Å²) in [5.41, 5.74) is 9.44. The molecule has 2 N–H and O–H groups in total. The lowest BCUT2D eigenvalue weighted by atomic mass is 9.96. The molecule has 1 saturated heterocycles. The molecule has 0 saturated carbocycles. The fourth-order valence-corrected chi connectivity index (χ4v) is 5.45. The van der Waals surface area contributed by atoms with Crippen LogP contribution < -0.4 is 16.0 Å². The minimum atomic E-state index is -0.475. The van der Waals surface area contributed by atoms with Gasteiger partial charge in [0, 0.05) is 12.1 Å². The average molecular weight is 510 g/mol. The number of nitrogens with two attached hydrogens (primary N) is 1. The van der Waals surface area contributed by atoms with Crippen molar-refractivity contribution in [3.05, 3.63) is 117 Å². The topological polar surface area (TPSA) is 93.7 Å². The summed E-state index contributed by atoms with van der Waals surface area (Å²) in [5.74, 6) is 0.559. The van der Waals surface area contributed by atoms with Gasteiger partial charge in [-0.2, -0.15) is 0 Å². The van der Waals surface area contributed by atoms with Crippen molar-refractivity contribution in [2.24, 2.45) is 5.73 Å². The van der Waals surface area contributed by atoms with Crippen molar-refractivity contribution in [2.45, 2.75) is 37.7 Å². The van der Waals surface area contributed by atoms with E-state index >= 15 is 0 Å². The summed E-state index contributed by atoms with van der Waals surface area (Å²) in [6.07, 6.45) is 7.26. The van der Waals surface area contributed by atoms with E-state index in [2.05, 4.69) is 0 Å². The largest absolute Gasteiger partial charge is 0.478 e. The molecular formula is C30H31N5O3. The fourth-order valence-electron chi connectivity index (χ4n) is 5.45. The molecule has 3 aromatic rings. The number of allylic oxidation sites excluding steroid dienone is 2. The van der Waals surface area contributed by atoms with Crippen LogP contribution in [0.4, 0.5) is 0 Å². The first-order chi connectivity index (χ1) is 18.4. The molecule has 3 heterocycles. The third-order valence-corrected chi connectivity index (χ3v) is 7.67. The Morgan fingerprint density at radius 3 is 2.55 bits per heavy atom. The summed E-state index contributed by atoms with van der Waals surface area (Å²) in [7, 11) is 1.94. The van der Waals surface area contributed by atoms with Gasteiger partial charge in [-0.15, -0.1) is 0 Å². The number of amides is 1. The van der Waals surface area contributed by atoms with Crippen LogP contribution in [0.1, 0.15) is 45.0 Å². The van der Waals surface area contributed by atoms with Gasteiger partial charge in [0.2, 0.25) is 5.75 Å². The summed E-state index contributed by atoms with van der Waals surface area (Å²) in [4.78, 5) is 36.8. The van der Waals surface area contributed by atoms with Gasteiger partial charge in [0.05, 0.1) is 25.2 Å². The van der Waals surface area contributed by atoms with Crippen molar-refractivity contribution in [2.75, 3.05) is 20.1 Å². The van der Waals surface area contributed by atoms with Gasteiger partial charge in [-0.05, 0) is 37.7 Å². The van der Waals surface area contributed by atoms with Crippen LogP contribution in [0.25, 0.3) is 0 Å². The maximum atomic E-state index is 14.0. The van der Waals surface area contributed by atoms with E-state index < -0.39 is 6.04 Å². The highest BCUT2D eigenvalue weighted by molar-refractivity contribution is 5.94. The second-order valence-electron chi connectivity index (χ2n) is 10.3. The number of nitrogens with zero attached hydrogens (tertiary/aromatic N) is 4. The van der Waals surface area contributed by atoms with Gasteiger partial charge in [-0.3, -0.25) is 19.1 Å². The molecule has 6 rings (SSSR count). The van der Waals surface area contributed by atoms with E-state index in [-0.39, 0.29) is 35.4 Å². The van der Waals surface area contributed by atoms with Crippen molar-refractivity contribution in [1.82, 2.24) is 19.4 Å². The molecule has 4 atom stereocenters. The van der Waals surface area contributed by atoms with E-state index in [1.54, 1.807) is 9.47 Å². The SMILES string of the molecule is Cc1ccc(C(=O)N2CC(N)N(C)CC2c2nc3c(c(=O)n2Cc2ccccc2)OC2C=CC=CC32)cc1. The van der Waals surface area contributed by atoms with E-state index in [0.717, 1.165) is 11.1 Å². The number of benzene rings is 2. The molecule has 194 valence electrons. The number of rotatable bonds is 4. The predicted molar refractivity (Wildman–Crippen MR) is 145 cm³/mol. The standard InChI is InChI=1S/C30H31N5O3/c1-19-12-14-21(15-13-19)29(36)34-18-25(31)33(2)17-23(34)28-32-26-22-10-6-7-11-24(22)38-27(26)30(37)35(28)16-20-8-4-3-5-9-20/h3-15,22-25H,16-18,31H2,1-2H3. The molecule has 0 spiro atoms. The summed E-state index contributed by atoms with van der Waals surface area (Å²) >= 11 is 0. The molecule has 2 aliphatic heterocycles. The quantitative estimate of drug-likeness (QED) is 0.581. The van der Waals surface area contributed by atoms with Crippen molar-refractivity contribution in [3.8, 4) is 5.75 Å². The van der Waals surface area contributed by atoms with Gasteiger partial charge < -0.3 is 15.4 Å². The number of hydrogen-bond donors (Lipinski definition) is 1. The Balaban J connectivity index is 1.50. The van der Waals surface area contributed by atoms with Crippen LogP contribution >= 0.6 is 0 Å². The maximum Gasteiger partial charge on any atom is 0.296 e. The lowest BCUT2D eigenvalue weighted by Crippen LogP contribution is -2.59. The molecule has 38 heavy (non-hydrogen) atoms. The zero-order chi connectivity index (χ0) is 26.4. The third kappa shape index (κ3) is 4.25. The molecule has 1 aromatic heterocycles. The molecule has 3 aliphatic rings. The maximum absolute atomic E-state index is 14.0. The zero-order valence-electron chi connectivity index (χ0n) is 21.5. The van der Waals surface area contributed by atoms with Gasteiger partial charge in [0.1, 0.15) is 23.7 Å². The molecule has 0 radical (unpaired) electrons.